The van der Waals surface area contributed by atoms with E-state index in [2.05, 4.69) is 10.6 Å². The predicted molar refractivity (Wildman–Crippen MR) is 89.9 cm³/mol. The molecule has 10 nitrogen and oxygen atoms in total. The van der Waals surface area contributed by atoms with Crippen LogP contribution in [0.3, 0.4) is 0 Å². The van der Waals surface area contributed by atoms with Crippen molar-refractivity contribution >= 4 is 29.5 Å². The van der Waals surface area contributed by atoms with Crippen LogP contribution >= 0.6 is 0 Å². The number of aliphatic carboxylic acids is 1. The lowest BCUT2D eigenvalue weighted by molar-refractivity contribution is -0.384. The molecule has 0 saturated carbocycles. The van der Waals surface area contributed by atoms with Crippen LogP contribution in [0.5, 0.6) is 0 Å². The summed E-state index contributed by atoms with van der Waals surface area (Å²) in [6.07, 6.45) is 2.51. The maximum atomic E-state index is 12.3. The number of nitro groups is 1. The van der Waals surface area contributed by atoms with Crippen LogP contribution in [0.2, 0.25) is 0 Å². The van der Waals surface area contributed by atoms with Crippen molar-refractivity contribution in [1.29, 1.82) is 0 Å². The Bertz CT molecular complexity index is 886. The van der Waals surface area contributed by atoms with Gasteiger partial charge in [0.15, 0.2) is 5.76 Å². The number of rotatable bonds is 7. The van der Waals surface area contributed by atoms with E-state index in [-0.39, 0.29) is 17.1 Å². The molecule has 1 heterocycles. The minimum Gasteiger partial charge on any atom is -0.548 e. The van der Waals surface area contributed by atoms with Gasteiger partial charge in [-0.3, -0.25) is 19.7 Å². The number of hydrogen-bond donors (Lipinski definition) is 2. The van der Waals surface area contributed by atoms with Crippen molar-refractivity contribution in [3.63, 3.8) is 0 Å². The molecule has 0 unspecified atom stereocenters. The van der Waals surface area contributed by atoms with Crippen molar-refractivity contribution in [1.82, 2.24) is 10.6 Å². The molecule has 0 bridgehead atoms. The normalized spacial score (nSPS) is 12.1. The highest BCUT2D eigenvalue weighted by molar-refractivity contribution is 6.05. The van der Waals surface area contributed by atoms with Gasteiger partial charge in [0.05, 0.1) is 23.2 Å². The number of carboxylic acid groups (broad SMARTS) is 1. The summed E-state index contributed by atoms with van der Waals surface area (Å²) in [5.41, 5.74) is -0.0618. The Morgan fingerprint density at radius 3 is 2.37 bits per heavy atom. The third-order valence-electron chi connectivity index (χ3n) is 3.35. The minimum absolute atomic E-state index is 0.0645. The van der Waals surface area contributed by atoms with Gasteiger partial charge in [0.2, 0.25) is 0 Å². The summed E-state index contributed by atoms with van der Waals surface area (Å²) < 4.78 is 4.94. The Kier molecular flexibility index (Phi) is 6.05. The lowest BCUT2D eigenvalue weighted by Gasteiger charge is -2.16. The van der Waals surface area contributed by atoms with Crippen LogP contribution in [-0.4, -0.2) is 28.7 Å². The standard InChI is InChI=1S/C17H15N3O7/c1-10(17(23)24)18-15(21)13(19-16(22)14-3-2-8-27-14)9-11-4-6-12(7-5-11)20(25)26/h2-10H,1H3,(H,18,21)(H,19,22)(H,23,24)/p-1/b13-9+/t10-/m0/s1. The first-order valence-corrected chi connectivity index (χ1v) is 7.60. The van der Waals surface area contributed by atoms with E-state index in [9.17, 15) is 29.6 Å². The average molecular weight is 372 g/mol. The summed E-state index contributed by atoms with van der Waals surface area (Å²) in [5.74, 6) is -3.19. The first kappa shape index (κ1) is 19.4. The van der Waals surface area contributed by atoms with Crippen molar-refractivity contribution in [2.75, 3.05) is 0 Å². The number of carbonyl (C=O) groups is 3. The first-order valence-electron chi connectivity index (χ1n) is 7.60. The molecule has 2 aromatic rings. The second-order valence-electron chi connectivity index (χ2n) is 5.35. The van der Waals surface area contributed by atoms with E-state index in [1.165, 1.54) is 55.7 Å². The predicted octanol–water partition coefficient (Wildman–Crippen LogP) is 0.213. The number of carboxylic acids is 1. The van der Waals surface area contributed by atoms with E-state index in [0.717, 1.165) is 0 Å². The smallest absolute Gasteiger partial charge is 0.291 e. The molecule has 0 aliphatic carbocycles. The summed E-state index contributed by atoms with van der Waals surface area (Å²) in [6.45, 7) is 1.20. The SMILES string of the molecule is C[C@H](NC(=O)/C(=C\c1ccc([N+](=O)[O-])cc1)NC(=O)c1ccco1)C(=O)[O-]. The maximum Gasteiger partial charge on any atom is 0.291 e. The van der Waals surface area contributed by atoms with Crippen LogP contribution in [0.15, 0.2) is 52.8 Å². The minimum atomic E-state index is -1.50. The van der Waals surface area contributed by atoms with Gasteiger partial charge in [-0.2, -0.15) is 0 Å². The largest absolute Gasteiger partial charge is 0.548 e. The van der Waals surface area contributed by atoms with Crippen molar-refractivity contribution in [2.24, 2.45) is 0 Å². The number of nitrogens with zero attached hydrogens (tertiary/aromatic N) is 1. The number of non-ortho nitro benzene ring substituents is 1. The summed E-state index contributed by atoms with van der Waals surface area (Å²) in [7, 11) is 0. The number of furan rings is 1. The molecule has 0 fully saturated rings. The average Bonchev–Trinajstić information content (AvgIpc) is 3.16. The van der Waals surface area contributed by atoms with Crippen LogP contribution in [-0.2, 0) is 9.59 Å². The molecule has 27 heavy (non-hydrogen) atoms. The van der Waals surface area contributed by atoms with Gasteiger partial charge in [-0.25, -0.2) is 0 Å². The summed E-state index contributed by atoms with van der Waals surface area (Å²) >= 11 is 0. The zero-order valence-corrected chi connectivity index (χ0v) is 14.0. The zero-order valence-electron chi connectivity index (χ0n) is 14.0. The lowest BCUT2D eigenvalue weighted by atomic mass is 10.1. The van der Waals surface area contributed by atoms with E-state index in [0.29, 0.717) is 5.56 Å². The number of benzene rings is 1. The molecule has 140 valence electrons. The zero-order chi connectivity index (χ0) is 20.0. The van der Waals surface area contributed by atoms with Crippen molar-refractivity contribution < 1.29 is 28.8 Å². The Labute approximate surface area is 152 Å². The van der Waals surface area contributed by atoms with Crippen LogP contribution in [0.25, 0.3) is 6.08 Å². The molecule has 1 aromatic carbocycles. The van der Waals surface area contributed by atoms with Gasteiger partial charge in [-0.15, -0.1) is 0 Å². The topological polar surface area (TPSA) is 155 Å². The first-order chi connectivity index (χ1) is 12.8. The van der Waals surface area contributed by atoms with Gasteiger partial charge >= 0.3 is 0 Å². The van der Waals surface area contributed by atoms with Gasteiger partial charge in [0.1, 0.15) is 5.70 Å². The van der Waals surface area contributed by atoms with Crippen LogP contribution < -0.4 is 15.7 Å². The highest BCUT2D eigenvalue weighted by Crippen LogP contribution is 2.14. The maximum absolute atomic E-state index is 12.3. The molecule has 1 aromatic heterocycles. The number of nitro benzene ring substituents is 1. The molecule has 2 N–H and O–H groups in total. The van der Waals surface area contributed by atoms with E-state index < -0.39 is 28.7 Å². The molecular weight excluding hydrogens is 358 g/mol. The molecule has 2 rings (SSSR count). The Morgan fingerprint density at radius 1 is 1.19 bits per heavy atom. The second kappa shape index (κ2) is 8.43. The van der Waals surface area contributed by atoms with Crippen molar-refractivity contribution in [3.05, 3.63) is 69.8 Å². The van der Waals surface area contributed by atoms with E-state index in [4.69, 9.17) is 4.42 Å². The summed E-state index contributed by atoms with van der Waals surface area (Å²) in [5, 5.41) is 26.0. The monoisotopic (exact) mass is 372 g/mol. The molecule has 0 aliphatic rings. The highest BCUT2D eigenvalue weighted by atomic mass is 16.6. The van der Waals surface area contributed by atoms with Crippen LogP contribution in [0.1, 0.15) is 23.0 Å². The lowest BCUT2D eigenvalue weighted by Crippen LogP contribution is -2.48. The fourth-order valence-corrected chi connectivity index (χ4v) is 1.94. The van der Waals surface area contributed by atoms with Crippen LogP contribution in [0, 0.1) is 10.1 Å². The van der Waals surface area contributed by atoms with E-state index >= 15 is 0 Å². The van der Waals surface area contributed by atoms with Gasteiger partial charge in [-0.05, 0) is 42.8 Å². The van der Waals surface area contributed by atoms with Gasteiger partial charge in [0.25, 0.3) is 17.5 Å². The second-order valence-corrected chi connectivity index (χ2v) is 5.35. The Morgan fingerprint density at radius 2 is 1.85 bits per heavy atom. The quantitative estimate of drug-likeness (QED) is 0.400. The summed E-state index contributed by atoms with van der Waals surface area (Å²) in [4.78, 5) is 45.4. The number of carbonyl (C=O) groups excluding carboxylic acids is 3. The molecule has 0 saturated heterocycles. The molecule has 0 spiro atoms. The third kappa shape index (κ3) is 5.26. The Hall–Kier alpha value is -3.95. The number of hydrogen-bond acceptors (Lipinski definition) is 7. The van der Waals surface area contributed by atoms with E-state index in [1.54, 1.807) is 0 Å². The van der Waals surface area contributed by atoms with Crippen molar-refractivity contribution in [3.8, 4) is 0 Å². The van der Waals surface area contributed by atoms with Gasteiger partial charge in [0, 0.05) is 12.1 Å². The van der Waals surface area contributed by atoms with Crippen LogP contribution in [0.4, 0.5) is 5.69 Å². The fraction of sp³-hybridized carbons (Fsp3) is 0.118. The van der Waals surface area contributed by atoms with Crippen molar-refractivity contribution in [2.45, 2.75) is 13.0 Å². The van der Waals surface area contributed by atoms with Gasteiger partial charge < -0.3 is 25.0 Å². The summed E-state index contributed by atoms with van der Waals surface area (Å²) in [6, 6.07) is 6.73. The molecule has 1 atom stereocenters. The molecule has 2 amide bonds. The molecule has 10 heteroatoms. The highest BCUT2D eigenvalue weighted by Gasteiger charge is 2.18. The molecular formula is C17H14N3O7-. The Balaban J connectivity index is 2.29. The fourth-order valence-electron chi connectivity index (χ4n) is 1.94. The van der Waals surface area contributed by atoms with Gasteiger partial charge in [-0.1, -0.05) is 0 Å². The molecule has 0 radical (unpaired) electrons. The third-order valence-corrected chi connectivity index (χ3v) is 3.35. The number of amides is 2. The molecule has 0 aliphatic heterocycles. The van der Waals surface area contributed by atoms with E-state index in [1.807, 2.05) is 0 Å². The number of nitrogens with one attached hydrogen (secondary N) is 2.